The van der Waals surface area contributed by atoms with E-state index in [1.165, 1.54) is 0 Å². The van der Waals surface area contributed by atoms with E-state index >= 15 is 0 Å². The second kappa shape index (κ2) is 7.82. The highest BCUT2D eigenvalue weighted by Crippen LogP contribution is 2.15. The average molecular weight is 286 g/mol. The van der Waals surface area contributed by atoms with Gasteiger partial charge in [0.1, 0.15) is 0 Å². The summed E-state index contributed by atoms with van der Waals surface area (Å²) in [5.74, 6) is 5.68. The van der Waals surface area contributed by atoms with Gasteiger partial charge in [-0.1, -0.05) is 17.9 Å². The number of aryl methyl sites for hydroxylation is 1. The Balaban J connectivity index is 1.97. The fraction of sp³-hybridized carbons (Fsp3) is 0.471. The second-order valence-electron chi connectivity index (χ2n) is 5.23. The summed E-state index contributed by atoms with van der Waals surface area (Å²) in [6.07, 6.45) is 3.37. The number of benzene rings is 1. The third kappa shape index (κ3) is 4.59. The Morgan fingerprint density at radius 2 is 2.38 bits per heavy atom. The van der Waals surface area contributed by atoms with Gasteiger partial charge in [-0.05, 0) is 43.9 Å². The van der Waals surface area contributed by atoms with Crippen LogP contribution in [-0.2, 0) is 4.74 Å². The summed E-state index contributed by atoms with van der Waals surface area (Å²) >= 11 is 0. The van der Waals surface area contributed by atoms with Crippen LogP contribution in [-0.4, -0.2) is 31.7 Å². The van der Waals surface area contributed by atoms with Gasteiger partial charge in [0.25, 0.3) is 5.91 Å². The fourth-order valence-electron chi connectivity index (χ4n) is 2.42. The zero-order valence-corrected chi connectivity index (χ0v) is 12.4. The molecule has 2 rings (SSSR count). The summed E-state index contributed by atoms with van der Waals surface area (Å²) in [5, 5.41) is 2.94. The molecule has 4 heteroatoms. The molecule has 1 amide bonds. The Morgan fingerprint density at radius 1 is 1.52 bits per heavy atom. The predicted molar refractivity (Wildman–Crippen MR) is 83.0 cm³/mol. The number of ether oxygens (including phenoxy) is 1. The van der Waals surface area contributed by atoms with Gasteiger partial charge in [-0.25, -0.2) is 0 Å². The predicted octanol–water partition coefficient (Wildman–Crippen LogP) is 1.60. The van der Waals surface area contributed by atoms with Crippen LogP contribution in [0.1, 0.15) is 40.7 Å². The summed E-state index contributed by atoms with van der Waals surface area (Å²) in [4.78, 5) is 12.3. The van der Waals surface area contributed by atoms with Crippen molar-refractivity contribution in [1.29, 1.82) is 0 Å². The van der Waals surface area contributed by atoms with Crippen molar-refractivity contribution >= 4 is 5.91 Å². The van der Waals surface area contributed by atoms with E-state index in [-0.39, 0.29) is 12.5 Å². The second-order valence-corrected chi connectivity index (χ2v) is 5.23. The number of amides is 1. The molecule has 0 aliphatic carbocycles. The number of carbonyl (C=O) groups is 1. The van der Waals surface area contributed by atoms with Crippen LogP contribution < -0.4 is 11.1 Å². The lowest BCUT2D eigenvalue weighted by Crippen LogP contribution is -2.27. The Morgan fingerprint density at radius 3 is 3.10 bits per heavy atom. The maximum absolute atomic E-state index is 12.3. The first kappa shape index (κ1) is 15.6. The van der Waals surface area contributed by atoms with Crippen molar-refractivity contribution in [3.8, 4) is 11.8 Å². The molecule has 0 radical (unpaired) electrons. The molecule has 1 heterocycles. The van der Waals surface area contributed by atoms with Crippen LogP contribution in [0.4, 0.5) is 0 Å². The quantitative estimate of drug-likeness (QED) is 0.826. The third-order valence-electron chi connectivity index (χ3n) is 3.52. The summed E-state index contributed by atoms with van der Waals surface area (Å²) in [6, 6.07) is 5.65. The number of hydrogen-bond acceptors (Lipinski definition) is 3. The maximum atomic E-state index is 12.3. The van der Waals surface area contributed by atoms with Crippen LogP contribution in [0.25, 0.3) is 0 Å². The standard InChI is InChI=1S/C17H22N2O2/c1-13-6-7-16(14(12-13)4-2-9-18)17(20)19-10-8-15-5-3-11-21-15/h6-7,12,15H,3,5,8-11,18H2,1H3,(H,19,20). The minimum Gasteiger partial charge on any atom is -0.378 e. The zero-order valence-electron chi connectivity index (χ0n) is 12.4. The van der Waals surface area contributed by atoms with Crippen molar-refractivity contribution in [2.75, 3.05) is 19.7 Å². The molecule has 3 N–H and O–H groups in total. The topological polar surface area (TPSA) is 64.3 Å². The molecule has 21 heavy (non-hydrogen) atoms. The smallest absolute Gasteiger partial charge is 0.252 e. The van der Waals surface area contributed by atoms with Crippen LogP contribution >= 0.6 is 0 Å². The summed E-state index contributed by atoms with van der Waals surface area (Å²) in [6.45, 7) is 3.73. The number of nitrogens with two attached hydrogens (primary N) is 1. The normalized spacial score (nSPS) is 17.1. The SMILES string of the molecule is Cc1ccc(C(=O)NCCC2CCCO2)c(C#CCN)c1. The lowest BCUT2D eigenvalue weighted by molar-refractivity contribution is 0.0907. The van der Waals surface area contributed by atoms with Crippen molar-refractivity contribution in [2.45, 2.75) is 32.3 Å². The Kier molecular flexibility index (Phi) is 5.79. The number of hydrogen-bond donors (Lipinski definition) is 2. The van der Waals surface area contributed by atoms with E-state index in [1.54, 1.807) is 0 Å². The van der Waals surface area contributed by atoms with Gasteiger partial charge in [0.15, 0.2) is 0 Å². The first-order chi connectivity index (χ1) is 10.2. The highest BCUT2D eigenvalue weighted by Gasteiger charge is 2.16. The lowest BCUT2D eigenvalue weighted by atomic mass is 10.0. The molecule has 1 aliphatic rings. The van der Waals surface area contributed by atoms with E-state index in [9.17, 15) is 4.79 Å². The van der Waals surface area contributed by atoms with Gasteiger partial charge in [-0.3, -0.25) is 4.79 Å². The Labute approximate surface area is 126 Å². The largest absolute Gasteiger partial charge is 0.378 e. The zero-order chi connectivity index (χ0) is 15.1. The maximum Gasteiger partial charge on any atom is 0.252 e. The van der Waals surface area contributed by atoms with Gasteiger partial charge in [-0.15, -0.1) is 0 Å². The Hall–Kier alpha value is -1.83. The van der Waals surface area contributed by atoms with Gasteiger partial charge >= 0.3 is 0 Å². The third-order valence-corrected chi connectivity index (χ3v) is 3.52. The van der Waals surface area contributed by atoms with Crippen molar-refractivity contribution < 1.29 is 9.53 Å². The van der Waals surface area contributed by atoms with Gasteiger partial charge in [0.05, 0.1) is 18.2 Å². The number of carbonyl (C=O) groups excluding carboxylic acids is 1. The molecule has 4 nitrogen and oxygen atoms in total. The van der Waals surface area contributed by atoms with Gasteiger partial charge in [0, 0.05) is 18.7 Å². The number of nitrogens with one attached hydrogen (secondary N) is 1. The molecule has 1 aromatic carbocycles. The van der Waals surface area contributed by atoms with Crippen molar-refractivity contribution in [3.63, 3.8) is 0 Å². The molecular formula is C17H22N2O2. The van der Waals surface area contributed by atoms with Crippen molar-refractivity contribution in [1.82, 2.24) is 5.32 Å². The monoisotopic (exact) mass is 286 g/mol. The molecular weight excluding hydrogens is 264 g/mol. The molecule has 1 aromatic rings. The summed E-state index contributed by atoms with van der Waals surface area (Å²) < 4.78 is 5.55. The fourth-order valence-corrected chi connectivity index (χ4v) is 2.42. The van der Waals surface area contributed by atoms with Crippen LogP contribution in [0.5, 0.6) is 0 Å². The first-order valence-corrected chi connectivity index (χ1v) is 7.40. The summed E-state index contributed by atoms with van der Waals surface area (Å²) in [5.41, 5.74) is 7.82. The van der Waals surface area contributed by atoms with Crippen molar-refractivity contribution in [2.24, 2.45) is 5.73 Å². The molecule has 1 aliphatic heterocycles. The van der Waals surface area contributed by atoms with E-state index in [2.05, 4.69) is 17.2 Å². The van der Waals surface area contributed by atoms with Crippen LogP contribution in [0.3, 0.4) is 0 Å². The lowest BCUT2D eigenvalue weighted by Gasteiger charge is -2.11. The minimum atomic E-state index is -0.0886. The highest BCUT2D eigenvalue weighted by molar-refractivity contribution is 5.96. The molecule has 0 bridgehead atoms. The van der Waals surface area contributed by atoms with E-state index in [4.69, 9.17) is 10.5 Å². The molecule has 0 aromatic heterocycles. The molecule has 1 atom stereocenters. The highest BCUT2D eigenvalue weighted by atomic mass is 16.5. The molecule has 112 valence electrons. The van der Waals surface area contributed by atoms with Crippen LogP contribution in [0.15, 0.2) is 18.2 Å². The van der Waals surface area contributed by atoms with Crippen LogP contribution in [0.2, 0.25) is 0 Å². The van der Waals surface area contributed by atoms with E-state index in [1.807, 2.05) is 25.1 Å². The molecule has 1 fully saturated rings. The number of rotatable bonds is 4. The van der Waals surface area contributed by atoms with Gasteiger partial charge in [0.2, 0.25) is 0 Å². The average Bonchev–Trinajstić information content (AvgIpc) is 2.98. The molecule has 1 unspecified atom stereocenters. The molecule has 0 saturated carbocycles. The van der Waals surface area contributed by atoms with E-state index in [0.29, 0.717) is 18.2 Å². The summed E-state index contributed by atoms with van der Waals surface area (Å²) in [7, 11) is 0. The molecule has 0 spiro atoms. The minimum absolute atomic E-state index is 0.0886. The van der Waals surface area contributed by atoms with E-state index < -0.39 is 0 Å². The Bertz CT molecular complexity index is 552. The van der Waals surface area contributed by atoms with Crippen molar-refractivity contribution in [3.05, 3.63) is 34.9 Å². The van der Waals surface area contributed by atoms with Crippen LogP contribution in [0, 0.1) is 18.8 Å². The van der Waals surface area contributed by atoms with Gasteiger partial charge < -0.3 is 15.8 Å². The first-order valence-electron chi connectivity index (χ1n) is 7.40. The van der Waals surface area contributed by atoms with Gasteiger partial charge in [-0.2, -0.15) is 0 Å². The molecule has 1 saturated heterocycles. The van der Waals surface area contributed by atoms with E-state index in [0.717, 1.165) is 37.0 Å².